The van der Waals surface area contributed by atoms with Crippen LogP contribution >= 0.6 is 0 Å². The Morgan fingerprint density at radius 1 is 1.30 bits per heavy atom. The Labute approximate surface area is 162 Å². The topological polar surface area (TPSA) is 63.1 Å². The van der Waals surface area contributed by atoms with Gasteiger partial charge in [-0.15, -0.1) is 0 Å². The molecule has 1 N–H and O–H groups in total. The molecule has 3 rings (SSSR count). The van der Waals surface area contributed by atoms with Gasteiger partial charge in [-0.3, -0.25) is 14.5 Å². The van der Waals surface area contributed by atoms with Crippen LogP contribution in [-0.4, -0.2) is 45.2 Å². The number of rotatable bonds is 7. The second-order valence-corrected chi connectivity index (χ2v) is 8.01. The van der Waals surface area contributed by atoms with Crippen molar-refractivity contribution in [2.24, 2.45) is 18.9 Å². The van der Waals surface area contributed by atoms with Crippen LogP contribution in [-0.2, 0) is 20.0 Å². The highest BCUT2D eigenvalue weighted by atomic mass is 16.1. The van der Waals surface area contributed by atoms with Gasteiger partial charge in [-0.1, -0.05) is 19.9 Å². The molecule has 2 aromatic rings. The standard InChI is InChI=1S/C21H31N5O/c1-16(2)14-26-10-7-17(8-11-26)12-20-19(15-25(3)24-20)21(27)23-13-18-6-4-5-9-22-18/h4-6,9,15-17H,7-8,10-14H2,1-3H3,(H,23,27). The highest BCUT2D eigenvalue weighted by molar-refractivity contribution is 5.95. The Bertz CT molecular complexity index is 732. The molecule has 0 saturated carbocycles. The predicted molar refractivity (Wildman–Crippen MR) is 106 cm³/mol. The second-order valence-electron chi connectivity index (χ2n) is 8.01. The van der Waals surface area contributed by atoms with E-state index >= 15 is 0 Å². The van der Waals surface area contributed by atoms with Crippen molar-refractivity contribution in [1.29, 1.82) is 0 Å². The number of nitrogens with zero attached hydrogens (tertiary/aromatic N) is 4. The van der Waals surface area contributed by atoms with Crippen molar-refractivity contribution in [3.8, 4) is 0 Å². The van der Waals surface area contributed by atoms with Crippen LogP contribution < -0.4 is 5.32 Å². The van der Waals surface area contributed by atoms with Crippen molar-refractivity contribution in [2.75, 3.05) is 19.6 Å². The summed E-state index contributed by atoms with van der Waals surface area (Å²) in [5.74, 6) is 1.25. The van der Waals surface area contributed by atoms with Crippen molar-refractivity contribution in [3.63, 3.8) is 0 Å². The normalized spacial score (nSPS) is 16.0. The summed E-state index contributed by atoms with van der Waals surface area (Å²) in [5.41, 5.74) is 2.46. The van der Waals surface area contributed by atoms with Crippen LogP contribution in [0, 0.1) is 11.8 Å². The van der Waals surface area contributed by atoms with Crippen molar-refractivity contribution in [2.45, 2.75) is 39.7 Å². The fraction of sp³-hybridized carbons (Fsp3) is 0.571. The number of carbonyl (C=O) groups is 1. The van der Waals surface area contributed by atoms with Crippen LogP contribution in [0.4, 0.5) is 0 Å². The SMILES string of the molecule is CC(C)CN1CCC(Cc2nn(C)cc2C(=O)NCc2ccccn2)CC1. The largest absolute Gasteiger partial charge is 0.346 e. The van der Waals surface area contributed by atoms with Crippen molar-refractivity contribution in [1.82, 2.24) is 25.0 Å². The lowest BCUT2D eigenvalue weighted by atomic mass is 9.90. The van der Waals surface area contributed by atoms with Gasteiger partial charge in [0.2, 0.25) is 0 Å². The van der Waals surface area contributed by atoms with E-state index in [4.69, 9.17) is 0 Å². The zero-order valence-electron chi connectivity index (χ0n) is 16.7. The number of piperidine rings is 1. The third-order valence-electron chi connectivity index (χ3n) is 5.12. The van der Waals surface area contributed by atoms with Crippen LogP contribution in [0.1, 0.15) is 48.4 Å². The molecular formula is C21H31N5O. The molecule has 146 valence electrons. The summed E-state index contributed by atoms with van der Waals surface area (Å²) in [7, 11) is 1.88. The van der Waals surface area contributed by atoms with Gasteiger partial charge in [0, 0.05) is 26.0 Å². The van der Waals surface area contributed by atoms with E-state index in [1.807, 2.05) is 31.4 Å². The minimum atomic E-state index is -0.0685. The summed E-state index contributed by atoms with van der Waals surface area (Å²) in [4.78, 5) is 19.5. The third-order valence-corrected chi connectivity index (χ3v) is 5.12. The van der Waals surface area contributed by atoms with E-state index in [1.54, 1.807) is 10.9 Å². The van der Waals surface area contributed by atoms with Gasteiger partial charge in [0.1, 0.15) is 0 Å². The molecule has 1 amide bonds. The van der Waals surface area contributed by atoms with Crippen LogP contribution in [0.5, 0.6) is 0 Å². The smallest absolute Gasteiger partial charge is 0.255 e. The Balaban J connectivity index is 1.57. The number of aryl methyl sites for hydroxylation is 1. The van der Waals surface area contributed by atoms with Gasteiger partial charge >= 0.3 is 0 Å². The minimum absolute atomic E-state index is 0.0685. The number of hydrogen-bond donors (Lipinski definition) is 1. The summed E-state index contributed by atoms with van der Waals surface area (Å²) in [6.45, 7) is 8.46. The maximum absolute atomic E-state index is 12.7. The van der Waals surface area contributed by atoms with Crippen molar-refractivity contribution < 1.29 is 4.79 Å². The van der Waals surface area contributed by atoms with E-state index in [1.165, 1.54) is 19.4 Å². The molecule has 0 spiro atoms. The van der Waals surface area contributed by atoms with E-state index < -0.39 is 0 Å². The van der Waals surface area contributed by atoms with Crippen LogP contribution in [0.2, 0.25) is 0 Å². The molecule has 2 aromatic heterocycles. The fourth-order valence-electron chi connectivity index (χ4n) is 3.81. The average Bonchev–Trinajstić information content (AvgIpc) is 3.02. The predicted octanol–water partition coefficient (Wildman–Crippen LogP) is 2.66. The van der Waals surface area contributed by atoms with E-state index in [-0.39, 0.29) is 5.91 Å². The molecule has 27 heavy (non-hydrogen) atoms. The average molecular weight is 370 g/mol. The monoisotopic (exact) mass is 369 g/mol. The molecule has 0 bridgehead atoms. The number of likely N-dealkylation sites (tertiary alicyclic amines) is 1. The summed E-state index contributed by atoms with van der Waals surface area (Å²) in [6.07, 6.45) is 6.80. The summed E-state index contributed by atoms with van der Waals surface area (Å²) in [6, 6.07) is 5.71. The Hall–Kier alpha value is -2.21. The molecular weight excluding hydrogens is 338 g/mol. The van der Waals surface area contributed by atoms with Gasteiger partial charge in [0.25, 0.3) is 5.91 Å². The molecule has 0 unspecified atom stereocenters. The quantitative estimate of drug-likeness (QED) is 0.815. The van der Waals surface area contributed by atoms with E-state index in [0.717, 1.165) is 30.9 Å². The van der Waals surface area contributed by atoms with Gasteiger partial charge in [-0.25, -0.2) is 0 Å². The Morgan fingerprint density at radius 2 is 2.07 bits per heavy atom. The van der Waals surface area contributed by atoms with Gasteiger partial charge in [0.15, 0.2) is 0 Å². The number of hydrogen-bond acceptors (Lipinski definition) is 4. The molecule has 3 heterocycles. The molecule has 0 aliphatic carbocycles. The maximum Gasteiger partial charge on any atom is 0.255 e. The lowest BCUT2D eigenvalue weighted by Crippen LogP contribution is -2.36. The third kappa shape index (κ3) is 5.63. The molecule has 0 atom stereocenters. The first-order valence-corrected chi connectivity index (χ1v) is 9.94. The number of carbonyl (C=O) groups excluding carboxylic acids is 1. The molecule has 0 radical (unpaired) electrons. The van der Waals surface area contributed by atoms with Gasteiger partial charge in [-0.2, -0.15) is 5.10 Å². The van der Waals surface area contributed by atoms with E-state index in [0.29, 0.717) is 23.9 Å². The van der Waals surface area contributed by atoms with Crippen molar-refractivity contribution >= 4 is 5.91 Å². The first-order valence-electron chi connectivity index (χ1n) is 9.94. The summed E-state index contributed by atoms with van der Waals surface area (Å²) >= 11 is 0. The van der Waals surface area contributed by atoms with Gasteiger partial charge in [-0.05, 0) is 56.3 Å². The number of pyridine rings is 1. The van der Waals surface area contributed by atoms with Gasteiger partial charge in [0.05, 0.1) is 23.5 Å². The molecule has 1 saturated heterocycles. The van der Waals surface area contributed by atoms with E-state index in [2.05, 4.69) is 34.1 Å². The van der Waals surface area contributed by atoms with Crippen LogP contribution in [0.3, 0.4) is 0 Å². The van der Waals surface area contributed by atoms with E-state index in [9.17, 15) is 4.79 Å². The second kappa shape index (κ2) is 9.13. The van der Waals surface area contributed by atoms with Crippen LogP contribution in [0.25, 0.3) is 0 Å². The Kier molecular flexibility index (Phi) is 6.61. The van der Waals surface area contributed by atoms with Gasteiger partial charge < -0.3 is 10.2 Å². The highest BCUT2D eigenvalue weighted by Crippen LogP contribution is 2.23. The maximum atomic E-state index is 12.7. The van der Waals surface area contributed by atoms with Crippen molar-refractivity contribution in [3.05, 3.63) is 47.5 Å². The molecule has 0 aromatic carbocycles. The molecule has 6 heteroatoms. The zero-order valence-corrected chi connectivity index (χ0v) is 16.7. The lowest BCUT2D eigenvalue weighted by molar-refractivity contribution is 0.0948. The molecule has 1 fully saturated rings. The minimum Gasteiger partial charge on any atom is -0.346 e. The Morgan fingerprint density at radius 3 is 2.74 bits per heavy atom. The zero-order chi connectivity index (χ0) is 19.2. The summed E-state index contributed by atoms with van der Waals surface area (Å²) < 4.78 is 1.75. The first kappa shape index (κ1) is 19.5. The highest BCUT2D eigenvalue weighted by Gasteiger charge is 2.23. The number of nitrogens with one attached hydrogen (secondary N) is 1. The molecule has 6 nitrogen and oxygen atoms in total. The lowest BCUT2D eigenvalue weighted by Gasteiger charge is -2.32. The van der Waals surface area contributed by atoms with Crippen LogP contribution in [0.15, 0.2) is 30.6 Å². The number of amides is 1. The first-order chi connectivity index (χ1) is 13.0. The fourth-order valence-corrected chi connectivity index (χ4v) is 3.81. The summed E-state index contributed by atoms with van der Waals surface area (Å²) in [5, 5.41) is 7.55. The molecule has 1 aliphatic rings. The number of aromatic nitrogens is 3. The molecule has 1 aliphatic heterocycles.